The summed E-state index contributed by atoms with van der Waals surface area (Å²) in [5.74, 6) is 0.830. The third-order valence-corrected chi connectivity index (χ3v) is 3.23. The van der Waals surface area contributed by atoms with Gasteiger partial charge in [0.05, 0.1) is 12.3 Å². The van der Waals surface area contributed by atoms with Crippen LogP contribution < -0.4 is 5.32 Å². The van der Waals surface area contributed by atoms with Crippen LogP contribution in [0.3, 0.4) is 0 Å². The Labute approximate surface area is 113 Å². The molecule has 1 amide bonds. The van der Waals surface area contributed by atoms with E-state index in [0.717, 1.165) is 12.2 Å². The molecule has 1 N–H and O–H groups in total. The Morgan fingerprint density at radius 1 is 1.26 bits per heavy atom. The topological polar surface area (TPSA) is 42.2 Å². The first-order chi connectivity index (χ1) is 9.16. The van der Waals surface area contributed by atoms with Crippen LogP contribution in [0, 0.1) is 6.92 Å². The standard InChI is InChI=1S/C16H19NO2/c1-12-6-3-4-7-14(12)9-10-16(18)17-13(2)15-8-5-11-19-15/h3-8,11,13H,9-10H2,1-2H3,(H,17,18). The largest absolute Gasteiger partial charge is 0.467 e. The second kappa shape index (κ2) is 6.23. The van der Waals surface area contributed by atoms with Gasteiger partial charge in [0.25, 0.3) is 0 Å². The number of nitrogens with one attached hydrogen (secondary N) is 1. The van der Waals surface area contributed by atoms with Gasteiger partial charge in [0.2, 0.25) is 5.91 Å². The number of furan rings is 1. The molecular formula is C16H19NO2. The van der Waals surface area contributed by atoms with Gasteiger partial charge < -0.3 is 9.73 Å². The number of carbonyl (C=O) groups excluding carboxylic acids is 1. The third kappa shape index (κ3) is 3.71. The first kappa shape index (κ1) is 13.4. The van der Waals surface area contributed by atoms with Crippen molar-refractivity contribution in [2.24, 2.45) is 0 Å². The monoisotopic (exact) mass is 257 g/mol. The SMILES string of the molecule is Cc1ccccc1CCC(=O)NC(C)c1ccco1. The van der Waals surface area contributed by atoms with E-state index in [1.54, 1.807) is 6.26 Å². The normalized spacial score (nSPS) is 12.1. The first-order valence-corrected chi connectivity index (χ1v) is 6.54. The highest BCUT2D eigenvalue weighted by molar-refractivity contribution is 5.76. The van der Waals surface area contributed by atoms with Gasteiger partial charge >= 0.3 is 0 Å². The predicted octanol–water partition coefficient (Wildman–Crippen LogP) is 3.40. The molecule has 0 saturated heterocycles. The Hall–Kier alpha value is -2.03. The van der Waals surface area contributed by atoms with E-state index in [0.29, 0.717) is 6.42 Å². The Kier molecular flexibility index (Phi) is 4.39. The molecule has 0 fully saturated rings. The average Bonchev–Trinajstić information content (AvgIpc) is 2.91. The lowest BCUT2D eigenvalue weighted by Crippen LogP contribution is -2.26. The van der Waals surface area contributed by atoms with Gasteiger partial charge in [-0.15, -0.1) is 0 Å². The molecule has 2 rings (SSSR count). The molecule has 0 bridgehead atoms. The zero-order valence-electron chi connectivity index (χ0n) is 11.3. The van der Waals surface area contributed by atoms with Crippen molar-refractivity contribution in [2.45, 2.75) is 32.7 Å². The van der Waals surface area contributed by atoms with Crippen molar-refractivity contribution in [3.05, 3.63) is 59.5 Å². The van der Waals surface area contributed by atoms with Crippen molar-refractivity contribution >= 4 is 5.91 Å². The Bertz CT molecular complexity index is 531. The quantitative estimate of drug-likeness (QED) is 0.892. The van der Waals surface area contributed by atoms with Gasteiger partial charge in [0.15, 0.2) is 0 Å². The van der Waals surface area contributed by atoms with Crippen LogP contribution in [0.15, 0.2) is 47.1 Å². The number of aryl methyl sites for hydroxylation is 2. The fraction of sp³-hybridized carbons (Fsp3) is 0.312. The minimum absolute atomic E-state index is 0.0483. The Balaban J connectivity index is 1.84. The summed E-state index contributed by atoms with van der Waals surface area (Å²) >= 11 is 0. The van der Waals surface area contributed by atoms with Crippen molar-refractivity contribution in [3.8, 4) is 0 Å². The molecule has 1 aromatic carbocycles. The van der Waals surface area contributed by atoms with E-state index in [1.807, 2.05) is 31.2 Å². The van der Waals surface area contributed by atoms with Crippen molar-refractivity contribution in [2.75, 3.05) is 0 Å². The fourth-order valence-electron chi connectivity index (χ4n) is 2.06. The second-order valence-electron chi connectivity index (χ2n) is 4.73. The summed E-state index contributed by atoms with van der Waals surface area (Å²) in [4.78, 5) is 11.9. The lowest BCUT2D eigenvalue weighted by Gasteiger charge is -2.11. The molecule has 1 aromatic heterocycles. The van der Waals surface area contributed by atoms with Crippen LogP contribution in [0.5, 0.6) is 0 Å². The van der Waals surface area contributed by atoms with Gasteiger partial charge in [-0.3, -0.25) is 4.79 Å². The van der Waals surface area contributed by atoms with Crippen molar-refractivity contribution < 1.29 is 9.21 Å². The molecular weight excluding hydrogens is 238 g/mol. The molecule has 1 heterocycles. The molecule has 0 saturated carbocycles. The molecule has 0 aliphatic rings. The molecule has 0 aliphatic carbocycles. The number of carbonyl (C=O) groups is 1. The summed E-state index contributed by atoms with van der Waals surface area (Å²) in [5, 5.41) is 2.94. The molecule has 19 heavy (non-hydrogen) atoms. The van der Waals surface area contributed by atoms with Crippen LogP contribution in [-0.2, 0) is 11.2 Å². The summed E-state index contributed by atoms with van der Waals surface area (Å²) in [6.07, 6.45) is 2.88. The highest BCUT2D eigenvalue weighted by Crippen LogP contribution is 2.13. The van der Waals surface area contributed by atoms with E-state index >= 15 is 0 Å². The highest BCUT2D eigenvalue weighted by atomic mass is 16.3. The number of hydrogen-bond donors (Lipinski definition) is 1. The summed E-state index contributed by atoms with van der Waals surface area (Å²) in [6.45, 7) is 3.99. The van der Waals surface area contributed by atoms with Gasteiger partial charge in [-0.1, -0.05) is 24.3 Å². The van der Waals surface area contributed by atoms with E-state index in [9.17, 15) is 4.79 Å². The van der Waals surface area contributed by atoms with Gasteiger partial charge in [-0.2, -0.15) is 0 Å². The number of benzene rings is 1. The molecule has 1 atom stereocenters. The van der Waals surface area contributed by atoms with Crippen LogP contribution in [-0.4, -0.2) is 5.91 Å². The molecule has 1 unspecified atom stereocenters. The van der Waals surface area contributed by atoms with Crippen molar-refractivity contribution in [1.29, 1.82) is 0 Å². The third-order valence-electron chi connectivity index (χ3n) is 3.23. The Morgan fingerprint density at radius 2 is 2.05 bits per heavy atom. The van der Waals surface area contributed by atoms with Crippen LogP contribution in [0.1, 0.15) is 36.3 Å². The molecule has 0 radical (unpaired) electrons. The number of hydrogen-bond acceptors (Lipinski definition) is 2. The minimum Gasteiger partial charge on any atom is -0.467 e. The first-order valence-electron chi connectivity index (χ1n) is 6.54. The van der Waals surface area contributed by atoms with Gasteiger partial charge in [-0.25, -0.2) is 0 Å². The molecule has 0 spiro atoms. The number of amides is 1. The molecule has 100 valence electrons. The second-order valence-corrected chi connectivity index (χ2v) is 4.73. The van der Waals surface area contributed by atoms with E-state index < -0.39 is 0 Å². The summed E-state index contributed by atoms with van der Waals surface area (Å²) < 4.78 is 5.26. The van der Waals surface area contributed by atoms with Crippen molar-refractivity contribution in [1.82, 2.24) is 5.32 Å². The van der Waals surface area contributed by atoms with Crippen LogP contribution >= 0.6 is 0 Å². The maximum atomic E-state index is 11.9. The van der Waals surface area contributed by atoms with E-state index in [4.69, 9.17) is 4.42 Å². The Morgan fingerprint density at radius 3 is 2.74 bits per heavy atom. The van der Waals surface area contributed by atoms with Gasteiger partial charge in [-0.05, 0) is 43.5 Å². The lowest BCUT2D eigenvalue weighted by molar-refractivity contribution is -0.121. The van der Waals surface area contributed by atoms with Crippen LogP contribution in [0.2, 0.25) is 0 Å². The van der Waals surface area contributed by atoms with E-state index in [2.05, 4.69) is 24.4 Å². The van der Waals surface area contributed by atoms with Crippen LogP contribution in [0.4, 0.5) is 0 Å². The van der Waals surface area contributed by atoms with E-state index in [1.165, 1.54) is 11.1 Å². The minimum atomic E-state index is -0.0839. The molecule has 2 aromatic rings. The van der Waals surface area contributed by atoms with E-state index in [-0.39, 0.29) is 11.9 Å². The van der Waals surface area contributed by atoms with Gasteiger partial charge in [0.1, 0.15) is 5.76 Å². The molecule has 3 heteroatoms. The smallest absolute Gasteiger partial charge is 0.220 e. The zero-order chi connectivity index (χ0) is 13.7. The zero-order valence-corrected chi connectivity index (χ0v) is 11.3. The summed E-state index contributed by atoms with van der Waals surface area (Å²) in [7, 11) is 0. The molecule has 0 aliphatic heterocycles. The maximum absolute atomic E-state index is 11.9. The molecule has 3 nitrogen and oxygen atoms in total. The van der Waals surface area contributed by atoms with Crippen molar-refractivity contribution in [3.63, 3.8) is 0 Å². The number of rotatable bonds is 5. The fourth-order valence-corrected chi connectivity index (χ4v) is 2.06. The van der Waals surface area contributed by atoms with Gasteiger partial charge in [0, 0.05) is 6.42 Å². The highest BCUT2D eigenvalue weighted by Gasteiger charge is 2.11. The predicted molar refractivity (Wildman–Crippen MR) is 74.8 cm³/mol. The maximum Gasteiger partial charge on any atom is 0.220 e. The summed E-state index contributed by atoms with van der Waals surface area (Å²) in [5.41, 5.74) is 2.46. The summed E-state index contributed by atoms with van der Waals surface area (Å²) in [6, 6.07) is 11.8. The average molecular weight is 257 g/mol. The van der Waals surface area contributed by atoms with Crippen LogP contribution in [0.25, 0.3) is 0 Å². The lowest BCUT2D eigenvalue weighted by atomic mass is 10.0.